The van der Waals surface area contributed by atoms with E-state index in [1.165, 1.54) is 28.8 Å². The molecule has 0 saturated heterocycles. The normalized spacial score (nSPS) is 11.1. The quantitative estimate of drug-likeness (QED) is 0.352. The Morgan fingerprint density at radius 3 is 2.80 bits per heavy atom. The number of benzene rings is 3. The van der Waals surface area contributed by atoms with Crippen LogP contribution >= 0.6 is 11.6 Å². The second kappa shape index (κ2) is 9.55. The zero-order chi connectivity index (χ0) is 24.4. The van der Waals surface area contributed by atoms with Crippen molar-refractivity contribution in [1.82, 2.24) is 25.0 Å². The second-order valence-corrected chi connectivity index (χ2v) is 8.28. The molecule has 2 heterocycles. The molecular weight excluding hydrogens is 471 g/mol. The molecular formula is C25H20ClFN6O2. The van der Waals surface area contributed by atoms with Gasteiger partial charge in [0.15, 0.2) is 0 Å². The molecule has 0 atom stereocenters. The van der Waals surface area contributed by atoms with Gasteiger partial charge in [-0.2, -0.15) is 0 Å². The molecule has 0 spiro atoms. The van der Waals surface area contributed by atoms with Gasteiger partial charge in [0.25, 0.3) is 0 Å². The molecule has 5 aromatic rings. The standard InChI is InChI=1S/C25H20ClFN6O2/c1-35-24-10-17(21-12-28-15-29-21)6-7-23(24)32(13-16-8-18(26)11-19(27)9-16)25(34)14-33-22-5-3-2-4-20(22)30-31-33/h2-12,15H,13-14H2,1H3,(H,28,29). The largest absolute Gasteiger partial charge is 0.495 e. The smallest absolute Gasteiger partial charge is 0.249 e. The minimum atomic E-state index is -0.483. The number of methoxy groups -OCH3 is 1. The first kappa shape index (κ1) is 22.5. The van der Waals surface area contributed by atoms with Crippen LogP contribution in [-0.2, 0) is 17.9 Å². The Labute approximate surface area is 204 Å². The number of fused-ring (bicyclic) bond motifs is 1. The number of imidazole rings is 1. The molecule has 3 aromatic carbocycles. The number of amides is 1. The molecule has 0 aliphatic heterocycles. The van der Waals surface area contributed by atoms with Gasteiger partial charge in [-0.05, 0) is 48.0 Å². The molecule has 5 rings (SSSR count). The molecule has 0 aliphatic rings. The van der Waals surface area contributed by atoms with E-state index in [0.29, 0.717) is 22.5 Å². The number of carbonyl (C=O) groups is 1. The van der Waals surface area contributed by atoms with Crippen LogP contribution in [0.2, 0.25) is 5.02 Å². The van der Waals surface area contributed by atoms with Gasteiger partial charge in [0.1, 0.15) is 23.6 Å². The number of anilines is 1. The summed E-state index contributed by atoms with van der Waals surface area (Å²) in [6.07, 6.45) is 3.28. The topological polar surface area (TPSA) is 88.9 Å². The van der Waals surface area contributed by atoms with Crippen LogP contribution in [0.4, 0.5) is 10.1 Å². The Morgan fingerprint density at radius 1 is 1.17 bits per heavy atom. The van der Waals surface area contributed by atoms with Gasteiger partial charge in [0.05, 0.1) is 43.1 Å². The first-order chi connectivity index (χ1) is 17.0. The number of aromatic amines is 1. The van der Waals surface area contributed by atoms with Crippen LogP contribution in [0.5, 0.6) is 5.75 Å². The molecule has 8 nitrogen and oxygen atoms in total. The van der Waals surface area contributed by atoms with E-state index in [-0.39, 0.29) is 24.0 Å². The Hall–Kier alpha value is -4.24. The van der Waals surface area contributed by atoms with Crippen LogP contribution in [0.25, 0.3) is 22.3 Å². The van der Waals surface area contributed by atoms with Gasteiger partial charge < -0.3 is 14.6 Å². The highest BCUT2D eigenvalue weighted by molar-refractivity contribution is 6.30. The number of H-pyrrole nitrogens is 1. The molecule has 176 valence electrons. The molecule has 0 fully saturated rings. The van der Waals surface area contributed by atoms with Gasteiger partial charge in [-0.1, -0.05) is 35.0 Å². The Morgan fingerprint density at radius 2 is 2.03 bits per heavy atom. The van der Waals surface area contributed by atoms with Crippen molar-refractivity contribution in [2.45, 2.75) is 13.1 Å². The van der Waals surface area contributed by atoms with Crippen LogP contribution in [0.1, 0.15) is 5.56 Å². The lowest BCUT2D eigenvalue weighted by Gasteiger charge is -2.25. The van der Waals surface area contributed by atoms with Crippen molar-refractivity contribution in [3.8, 4) is 17.0 Å². The molecule has 10 heteroatoms. The van der Waals surface area contributed by atoms with Gasteiger partial charge in [0, 0.05) is 10.6 Å². The molecule has 0 unspecified atom stereocenters. The fourth-order valence-corrected chi connectivity index (χ4v) is 4.17. The highest BCUT2D eigenvalue weighted by Gasteiger charge is 2.23. The van der Waals surface area contributed by atoms with E-state index in [0.717, 1.165) is 16.8 Å². The van der Waals surface area contributed by atoms with Crippen molar-refractivity contribution in [3.63, 3.8) is 0 Å². The molecule has 0 bridgehead atoms. The van der Waals surface area contributed by atoms with Crippen LogP contribution in [0.3, 0.4) is 0 Å². The highest BCUT2D eigenvalue weighted by Crippen LogP contribution is 2.34. The summed E-state index contributed by atoms with van der Waals surface area (Å²) >= 11 is 6.08. The minimum absolute atomic E-state index is 0.0721. The van der Waals surface area contributed by atoms with E-state index in [9.17, 15) is 9.18 Å². The third-order valence-electron chi connectivity index (χ3n) is 5.55. The number of hydrogen-bond donors (Lipinski definition) is 1. The van der Waals surface area contributed by atoms with Gasteiger partial charge in [0.2, 0.25) is 5.91 Å². The van der Waals surface area contributed by atoms with Gasteiger partial charge in [-0.15, -0.1) is 5.10 Å². The van der Waals surface area contributed by atoms with Crippen molar-refractivity contribution < 1.29 is 13.9 Å². The molecule has 0 saturated carbocycles. The fourth-order valence-electron chi connectivity index (χ4n) is 3.92. The monoisotopic (exact) mass is 490 g/mol. The molecule has 35 heavy (non-hydrogen) atoms. The molecule has 0 radical (unpaired) electrons. The van der Waals surface area contributed by atoms with Gasteiger partial charge in [-0.3, -0.25) is 4.79 Å². The predicted octanol–water partition coefficient (Wildman–Crippen LogP) is 4.86. The Kier molecular flexibility index (Phi) is 6.15. The molecule has 1 amide bonds. The number of carbonyl (C=O) groups excluding carboxylic acids is 1. The summed E-state index contributed by atoms with van der Waals surface area (Å²) in [5.74, 6) is -0.297. The molecule has 1 N–H and O–H groups in total. The maximum absolute atomic E-state index is 14.1. The highest BCUT2D eigenvalue weighted by atomic mass is 35.5. The maximum atomic E-state index is 14.1. The lowest BCUT2D eigenvalue weighted by molar-refractivity contribution is -0.119. The summed E-state index contributed by atoms with van der Waals surface area (Å²) in [7, 11) is 1.53. The zero-order valence-corrected chi connectivity index (χ0v) is 19.4. The van der Waals surface area contributed by atoms with E-state index in [1.54, 1.807) is 24.7 Å². The lowest BCUT2D eigenvalue weighted by atomic mass is 10.1. The van der Waals surface area contributed by atoms with Crippen molar-refractivity contribution in [3.05, 3.63) is 89.6 Å². The number of hydrogen-bond acceptors (Lipinski definition) is 5. The zero-order valence-electron chi connectivity index (χ0n) is 18.7. The van der Waals surface area contributed by atoms with Crippen molar-refractivity contribution in [2.75, 3.05) is 12.0 Å². The summed E-state index contributed by atoms with van der Waals surface area (Å²) in [6.45, 7) is -0.00226. The first-order valence-electron chi connectivity index (χ1n) is 10.7. The van der Waals surface area contributed by atoms with Crippen LogP contribution < -0.4 is 9.64 Å². The van der Waals surface area contributed by atoms with E-state index < -0.39 is 5.82 Å². The van der Waals surface area contributed by atoms with Gasteiger partial charge >= 0.3 is 0 Å². The van der Waals surface area contributed by atoms with E-state index in [4.69, 9.17) is 16.3 Å². The number of halogens is 2. The Balaban J connectivity index is 1.54. The summed E-state index contributed by atoms with van der Waals surface area (Å²) in [5.41, 5.74) is 4.11. The third-order valence-corrected chi connectivity index (χ3v) is 5.77. The number of ether oxygens (including phenoxy) is 1. The maximum Gasteiger partial charge on any atom is 0.249 e. The predicted molar refractivity (Wildman–Crippen MR) is 131 cm³/mol. The minimum Gasteiger partial charge on any atom is -0.495 e. The molecule has 2 aromatic heterocycles. The number of aromatic nitrogens is 5. The number of nitrogens with one attached hydrogen (secondary N) is 1. The van der Waals surface area contributed by atoms with E-state index in [1.807, 2.05) is 36.4 Å². The SMILES string of the molecule is COc1cc(-c2cnc[nH]2)ccc1N(Cc1cc(F)cc(Cl)c1)C(=O)Cn1nnc2ccccc21. The molecule has 0 aliphatic carbocycles. The Bertz CT molecular complexity index is 1480. The second-order valence-electron chi connectivity index (χ2n) is 7.85. The van der Waals surface area contributed by atoms with Crippen LogP contribution in [0, 0.1) is 5.82 Å². The average molecular weight is 491 g/mol. The summed E-state index contributed by atoms with van der Waals surface area (Å²) in [6, 6.07) is 17.0. The lowest BCUT2D eigenvalue weighted by Crippen LogP contribution is -2.34. The summed E-state index contributed by atoms with van der Waals surface area (Å²) in [4.78, 5) is 22.3. The van der Waals surface area contributed by atoms with Crippen molar-refractivity contribution in [2.24, 2.45) is 0 Å². The summed E-state index contributed by atoms with van der Waals surface area (Å²) in [5, 5.41) is 8.51. The van der Waals surface area contributed by atoms with Crippen LogP contribution in [-0.4, -0.2) is 38.0 Å². The van der Waals surface area contributed by atoms with Crippen molar-refractivity contribution >= 4 is 34.2 Å². The third kappa shape index (κ3) is 4.71. The number of para-hydroxylation sites is 1. The van der Waals surface area contributed by atoms with Gasteiger partial charge in [-0.25, -0.2) is 14.1 Å². The number of rotatable bonds is 7. The first-order valence-corrected chi connectivity index (χ1v) is 11.1. The average Bonchev–Trinajstić information content (AvgIpc) is 3.52. The fraction of sp³-hybridized carbons (Fsp3) is 0.120. The van der Waals surface area contributed by atoms with E-state index >= 15 is 0 Å². The summed E-state index contributed by atoms with van der Waals surface area (Å²) < 4.78 is 21.3. The number of nitrogens with zero attached hydrogens (tertiary/aromatic N) is 5. The van der Waals surface area contributed by atoms with Crippen molar-refractivity contribution in [1.29, 1.82) is 0 Å². The van der Waals surface area contributed by atoms with Crippen LogP contribution in [0.15, 0.2) is 73.2 Å². The van der Waals surface area contributed by atoms with E-state index in [2.05, 4.69) is 20.3 Å².